The highest BCUT2D eigenvalue weighted by atomic mass is 16.6. The molecule has 0 aliphatic rings. The van der Waals surface area contributed by atoms with Gasteiger partial charge in [-0.05, 0) is 39.8 Å². The highest BCUT2D eigenvalue weighted by Crippen LogP contribution is 2.09. The number of carbonyl (C=O) groups is 1. The fourth-order valence-corrected chi connectivity index (χ4v) is 1.35. The average molecular weight is 236 g/mol. The van der Waals surface area contributed by atoms with Crippen LogP contribution in [0.3, 0.4) is 0 Å². The third-order valence-corrected chi connectivity index (χ3v) is 2.10. The molecular weight excluding hydrogens is 216 g/mol. The van der Waals surface area contributed by atoms with E-state index < -0.39 is 5.60 Å². The largest absolute Gasteiger partial charge is 0.459 e. The van der Waals surface area contributed by atoms with Gasteiger partial charge in [0.2, 0.25) is 0 Å². The van der Waals surface area contributed by atoms with Crippen molar-refractivity contribution in [3.05, 3.63) is 30.1 Å². The van der Waals surface area contributed by atoms with Gasteiger partial charge in [0.25, 0.3) is 0 Å². The van der Waals surface area contributed by atoms with Crippen molar-refractivity contribution in [2.45, 2.75) is 39.3 Å². The standard InChI is InChI=1S/C13H20N2O2/c1-10(11-7-5-6-8-14-11)15-9-12(16)17-13(2,3)4/h5-8,10,15H,9H2,1-4H3/t10-/m1/s1. The molecule has 0 saturated heterocycles. The molecule has 0 fully saturated rings. The molecule has 0 spiro atoms. The van der Waals surface area contributed by atoms with Crippen LogP contribution < -0.4 is 5.32 Å². The Morgan fingerprint density at radius 1 is 1.47 bits per heavy atom. The maximum Gasteiger partial charge on any atom is 0.320 e. The van der Waals surface area contributed by atoms with Gasteiger partial charge in [0.15, 0.2) is 0 Å². The van der Waals surface area contributed by atoms with E-state index in [1.807, 2.05) is 45.9 Å². The lowest BCUT2D eigenvalue weighted by molar-refractivity contribution is -0.153. The van der Waals surface area contributed by atoms with Crippen LogP contribution in [-0.4, -0.2) is 23.1 Å². The predicted octanol–water partition coefficient (Wildman–Crippen LogP) is 2.07. The summed E-state index contributed by atoms with van der Waals surface area (Å²) >= 11 is 0. The fraction of sp³-hybridized carbons (Fsp3) is 0.538. The Kier molecular flexibility index (Phi) is 4.63. The van der Waals surface area contributed by atoms with Gasteiger partial charge in [-0.3, -0.25) is 15.1 Å². The zero-order chi connectivity index (χ0) is 12.9. The van der Waals surface area contributed by atoms with Crippen LogP contribution in [0.1, 0.15) is 39.4 Å². The van der Waals surface area contributed by atoms with E-state index >= 15 is 0 Å². The first-order chi connectivity index (χ1) is 7.88. The molecule has 4 nitrogen and oxygen atoms in total. The van der Waals surface area contributed by atoms with E-state index in [0.717, 1.165) is 5.69 Å². The smallest absolute Gasteiger partial charge is 0.320 e. The van der Waals surface area contributed by atoms with Crippen molar-refractivity contribution in [3.63, 3.8) is 0 Å². The number of ether oxygens (including phenoxy) is 1. The topological polar surface area (TPSA) is 51.2 Å². The molecule has 1 aromatic heterocycles. The van der Waals surface area contributed by atoms with Gasteiger partial charge in [-0.2, -0.15) is 0 Å². The predicted molar refractivity (Wildman–Crippen MR) is 66.5 cm³/mol. The Morgan fingerprint density at radius 2 is 2.18 bits per heavy atom. The van der Waals surface area contributed by atoms with Crippen molar-refractivity contribution in [2.24, 2.45) is 0 Å². The monoisotopic (exact) mass is 236 g/mol. The third-order valence-electron chi connectivity index (χ3n) is 2.10. The molecule has 0 aromatic carbocycles. The maximum atomic E-state index is 11.5. The number of aromatic nitrogens is 1. The van der Waals surface area contributed by atoms with Gasteiger partial charge in [0, 0.05) is 12.2 Å². The molecule has 1 aromatic rings. The molecule has 0 amide bonds. The lowest BCUT2D eigenvalue weighted by Crippen LogP contribution is -2.32. The lowest BCUT2D eigenvalue weighted by atomic mass is 10.2. The van der Waals surface area contributed by atoms with Crippen molar-refractivity contribution in [2.75, 3.05) is 6.54 Å². The number of hydrogen-bond donors (Lipinski definition) is 1. The lowest BCUT2D eigenvalue weighted by Gasteiger charge is -2.20. The minimum absolute atomic E-state index is 0.0312. The Balaban J connectivity index is 2.39. The summed E-state index contributed by atoms with van der Waals surface area (Å²) in [5.74, 6) is -0.250. The number of pyridine rings is 1. The van der Waals surface area contributed by atoms with Crippen molar-refractivity contribution in [1.82, 2.24) is 10.3 Å². The number of carbonyl (C=O) groups excluding carboxylic acids is 1. The molecule has 4 heteroatoms. The Morgan fingerprint density at radius 3 is 2.71 bits per heavy atom. The van der Waals surface area contributed by atoms with Gasteiger partial charge < -0.3 is 4.74 Å². The van der Waals surface area contributed by atoms with Crippen LogP contribution in [0.4, 0.5) is 0 Å². The summed E-state index contributed by atoms with van der Waals surface area (Å²) < 4.78 is 5.20. The second kappa shape index (κ2) is 5.77. The van der Waals surface area contributed by atoms with E-state index in [2.05, 4.69) is 10.3 Å². The van der Waals surface area contributed by atoms with Crippen LogP contribution in [0.15, 0.2) is 24.4 Å². The van der Waals surface area contributed by atoms with Crippen LogP contribution in [0.2, 0.25) is 0 Å². The highest BCUT2D eigenvalue weighted by Gasteiger charge is 2.16. The molecule has 0 aliphatic carbocycles. The van der Waals surface area contributed by atoms with E-state index in [1.165, 1.54) is 0 Å². The molecule has 0 unspecified atom stereocenters. The zero-order valence-corrected chi connectivity index (χ0v) is 10.9. The van der Waals surface area contributed by atoms with Crippen LogP contribution in [0, 0.1) is 0 Å². The average Bonchev–Trinajstić information content (AvgIpc) is 2.25. The quantitative estimate of drug-likeness (QED) is 0.813. The van der Waals surface area contributed by atoms with Gasteiger partial charge in [-0.15, -0.1) is 0 Å². The van der Waals surface area contributed by atoms with Gasteiger partial charge in [-0.25, -0.2) is 0 Å². The first-order valence-electron chi connectivity index (χ1n) is 5.74. The van der Waals surface area contributed by atoms with Crippen LogP contribution in [-0.2, 0) is 9.53 Å². The number of nitrogens with zero attached hydrogens (tertiary/aromatic N) is 1. The molecule has 0 bridgehead atoms. The van der Waals surface area contributed by atoms with Crippen LogP contribution >= 0.6 is 0 Å². The maximum absolute atomic E-state index is 11.5. The first kappa shape index (κ1) is 13.6. The number of hydrogen-bond acceptors (Lipinski definition) is 4. The van der Waals surface area contributed by atoms with Crippen molar-refractivity contribution >= 4 is 5.97 Å². The zero-order valence-electron chi connectivity index (χ0n) is 10.9. The molecule has 94 valence electrons. The molecule has 1 atom stereocenters. The summed E-state index contributed by atoms with van der Waals surface area (Å²) in [6.45, 7) is 7.72. The summed E-state index contributed by atoms with van der Waals surface area (Å²) in [7, 11) is 0. The second-order valence-corrected chi connectivity index (χ2v) is 4.94. The number of nitrogens with one attached hydrogen (secondary N) is 1. The summed E-state index contributed by atoms with van der Waals surface area (Å²) in [5.41, 5.74) is 0.476. The molecule has 1 heterocycles. The van der Waals surface area contributed by atoms with E-state index in [4.69, 9.17) is 4.74 Å². The van der Waals surface area contributed by atoms with Gasteiger partial charge in [0.1, 0.15) is 5.60 Å². The van der Waals surface area contributed by atoms with Crippen molar-refractivity contribution in [3.8, 4) is 0 Å². The molecular formula is C13H20N2O2. The summed E-state index contributed by atoms with van der Waals surface area (Å²) in [5, 5.41) is 3.08. The van der Waals surface area contributed by atoms with E-state index in [9.17, 15) is 4.79 Å². The molecule has 17 heavy (non-hydrogen) atoms. The summed E-state index contributed by atoms with van der Waals surface area (Å²) in [6.07, 6.45) is 1.74. The Labute approximate surface area is 102 Å². The summed E-state index contributed by atoms with van der Waals surface area (Å²) in [4.78, 5) is 15.7. The number of esters is 1. The second-order valence-electron chi connectivity index (χ2n) is 4.94. The van der Waals surface area contributed by atoms with Crippen LogP contribution in [0.5, 0.6) is 0 Å². The van der Waals surface area contributed by atoms with Gasteiger partial charge in [0.05, 0.1) is 12.2 Å². The van der Waals surface area contributed by atoms with E-state index in [1.54, 1.807) is 6.20 Å². The Hall–Kier alpha value is -1.42. The summed E-state index contributed by atoms with van der Waals surface area (Å²) in [6, 6.07) is 5.74. The van der Waals surface area contributed by atoms with Crippen molar-refractivity contribution < 1.29 is 9.53 Å². The minimum Gasteiger partial charge on any atom is -0.459 e. The fourth-order valence-electron chi connectivity index (χ4n) is 1.35. The molecule has 0 radical (unpaired) electrons. The van der Waals surface area contributed by atoms with Gasteiger partial charge in [-0.1, -0.05) is 6.07 Å². The molecule has 0 saturated carbocycles. The third kappa shape index (κ3) is 5.45. The highest BCUT2D eigenvalue weighted by molar-refractivity contribution is 5.72. The van der Waals surface area contributed by atoms with E-state index in [-0.39, 0.29) is 18.6 Å². The van der Waals surface area contributed by atoms with Crippen molar-refractivity contribution in [1.29, 1.82) is 0 Å². The van der Waals surface area contributed by atoms with Gasteiger partial charge >= 0.3 is 5.97 Å². The van der Waals surface area contributed by atoms with E-state index in [0.29, 0.717) is 0 Å². The molecule has 0 aliphatic heterocycles. The SMILES string of the molecule is C[C@@H](NCC(=O)OC(C)(C)C)c1ccccn1. The number of rotatable bonds is 4. The minimum atomic E-state index is -0.438. The molecule has 1 rings (SSSR count). The van der Waals surface area contributed by atoms with Crippen LogP contribution in [0.25, 0.3) is 0 Å². The Bertz CT molecular complexity index is 357. The molecule has 1 N–H and O–H groups in total. The normalized spacial score (nSPS) is 13.2. The first-order valence-corrected chi connectivity index (χ1v) is 5.74.